The SMILES string of the molecule is NC(=S)CCCn1ccn(C2CC2)c1=O. The molecule has 1 aliphatic carbocycles. The van der Waals surface area contributed by atoms with Crippen LogP contribution in [0.3, 0.4) is 0 Å². The van der Waals surface area contributed by atoms with Crippen LogP contribution in [0.25, 0.3) is 0 Å². The molecule has 5 heteroatoms. The van der Waals surface area contributed by atoms with Crippen molar-refractivity contribution in [1.29, 1.82) is 0 Å². The summed E-state index contributed by atoms with van der Waals surface area (Å²) in [6, 6.07) is 0.453. The summed E-state index contributed by atoms with van der Waals surface area (Å²) < 4.78 is 3.55. The average molecular weight is 225 g/mol. The van der Waals surface area contributed by atoms with Gasteiger partial charge in [0.1, 0.15) is 0 Å². The lowest BCUT2D eigenvalue weighted by Crippen LogP contribution is -2.23. The van der Waals surface area contributed by atoms with E-state index < -0.39 is 0 Å². The van der Waals surface area contributed by atoms with Crippen LogP contribution >= 0.6 is 12.2 Å². The maximum Gasteiger partial charge on any atom is 0.328 e. The molecule has 4 nitrogen and oxygen atoms in total. The molecule has 82 valence electrons. The van der Waals surface area contributed by atoms with Crippen molar-refractivity contribution in [2.24, 2.45) is 5.73 Å². The van der Waals surface area contributed by atoms with E-state index in [9.17, 15) is 4.79 Å². The van der Waals surface area contributed by atoms with E-state index in [1.54, 1.807) is 4.57 Å². The van der Waals surface area contributed by atoms with E-state index in [-0.39, 0.29) is 5.69 Å². The van der Waals surface area contributed by atoms with Crippen LogP contribution in [0.5, 0.6) is 0 Å². The number of aryl methyl sites for hydroxylation is 1. The second-order valence-corrected chi connectivity index (χ2v) is 4.51. The van der Waals surface area contributed by atoms with Gasteiger partial charge in [-0.1, -0.05) is 12.2 Å². The topological polar surface area (TPSA) is 52.9 Å². The van der Waals surface area contributed by atoms with Crippen LogP contribution in [-0.2, 0) is 6.54 Å². The molecular formula is C10H15N3OS. The molecule has 0 radical (unpaired) electrons. The zero-order chi connectivity index (χ0) is 10.8. The molecule has 1 fully saturated rings. The van der Waals surface area contributed by atoms with Gasteiger partial charge in [0.2, 0.25) is 0 Å². The van der Waals surface area contributed by atoms with Crippen LogP contribution in [0.2, 0.25) is 0 Å². The van der Waals surface area contributed by atoms with E-state index in [1.807, 2.05) is 17.0 Å². The number of hydrogen-bond donors (Lipinski definition) is 1. The van der Waals surface area contributed by atoms with E-state index >= 15 is 0 Å². The maximum absolute atomic E-state index is 11.8. The lowest BCUT2D eigenvalue weighted by Gasteiger charge is -2.00. The quantitative estimate of drug-likeness (QED) is 0.762. The van der Waals surface area contributed by atoms with Crippen molar-refractivity contribution in [3.05, 3.63) is 22.9 Å². The van der Waals surface area contributed by atoms with Crippen LogP contribution in [0.4, 0.5) is 0 Å². The average Bonchev–Trinajstić information content (AvgIpc) is 2.94. The minimum Gasteiger partial charge on any atom is -0.393 e. The fourth-order valence-corrected chi connectivity index (χ4v) is 1.80. The van der Waals surface area contributed by atoms with Gasteiger partial charge in [-0.05, 0) is 25.7 Å². The molecule has 2 N–H and O–H groups in total. The standard InChI is InChI=1S/C10H15N3OS/c11-9(15)2-1-5-12-6-7-13(10(12)14)8-3-4-8/h6-8H,1-5H2,(H2,11,15). The van der Waals surface area contributed by atoms with Crippen LogP contribution in [-0.4, -0.2) is 14.1 Å². The number of nitrogens with zero attached hydrogens (tertiary/aromatic N) is 2. The van der Waals surface area contributed by atoms with Crippen LogP contribution in [0.1, 0.15) is 31.7 Å². The van der Waals surface area contributed by atoms with Gasteiger partial charge in [0.15, 0.2) is 0 Å². The van der Waals surface area contributed by atoms with Gasteiger partial charge in [-0.3, -0.25) is 9.13 Å². The van der Waals surface area contributed by atoms with Crippen LogP contribution < -0.4 is 11.4 Å². The van der Waals surface area contributed by atoms with Crippen LogP contribution in [0, 0.1) is 0 Å². The molecule has 0 aliphatic heterocycles. The van der Waals surface area contributed by atoms with E-state index in [0.717, 1.165) is 19.3 Å². The number of thiocarbonyl (C=S) groups is 1. The lowest BCUT2D eigenvalue weighted by molar-refractivity contribution is 0.601. The molecule has 1 aromatic rings. The molecule has 0 bridgehead atoms. The summed E-state index contributed by atoms with van der Waals surface area (Å²) in [6.45, 7) is 0.704. The molecule has 0 aromatic carbocycles. The van der Waals surface area contributed by atoms with Gasteiger partial charge < -0.3 is 5.73 Å². The van der Waals surface area contributed by atoms with E-state index in [1.165, 1.54) is 0 Å². The molecule has 1 aliphatic rings. The minimum atomic E-state index is 0.0976. The predicted molar refractivity (Wildman–Crippen MR) is 63.0 cm³/mol. The Morgan fingerprint density at radius 1 is 1.53 bits per heavy atom. The second kappa shape index (κ2) is 4.18. The summed E-state index contributed by atoms with van der Waals surface area (Å²) in [5, 5.41) is 0. The highest BCUT2D eigenvalue weighted by Gasteiger charge is 2.25. The molecule has 15 heavy (non-hydrogen) atoms. The number of hydrogen-bond acceptors (Lipinski definition) is 2. The third-order valence-corrected chi connectivity index (χ3v) is 2.84. The van der Waals surface area contributed by atoms with Crippen molar-refractivity contribution in [1.82, 2.24) is 9.13 Å². The fourth-order valence-electron chi connectivity index (χ4n) is 1.65. The number of imidazole rings is 1. The smallest absolute Gasteiger partial charge is 0.328 e. The first kappa shape index (κ1) is 10.4. The molecule has 0 spiro atoms. The van der Waals surface area contributed by atoms with Gasteiger partial charge in [-0.15, -0.1) is 0 Å². The van der Waals surface area contributed by atoms with Crippen molar-refractivity contribution in [3.63, 3.8) is 0 Å². The zero-order valence-corrected chi connectivity index (χ0v) is 9.37. The van der Waals surface area contributed by atoms with Gasteiger partial charge in [-0.25, -0.2) is 4.79 Å². The highest BCUT2D eigenvalue weighted by atomic mass is 32.1. The van der Waals surface area contributed by atoms with E-state index in [0.29, 0.717) is 24.0 Å². The molecule has 0 saturated heterocycles. The largest absolute Gasteiger partial charge is 0.393 e. The number of aromatic nitrogens is 2. The molecule has 0 atom stereocenters. The highest BCUT2D eigenvalue weighted by Crippen LogP contribution is 2.33. The first-order valence-electron chi connectivity index (χ1n) is 5.24. The second-order valence-electron chi connectivity index (χ2n) is 3.98. The maximum atomic E-state index is 11.8. The number of rotatable bonds is 5. The molecular weight excluding hydrogens is 210 g/mol. The monoisotopic (exact) mass is 225 g/mol. The summed E-state index contributed by atoms with van der Waals surface area (Å²) in [5.74, 6) is 0. The van der Waals surface area contributed by atoms with Crippen molar-refractivity contribution in [2.45, 2.75) is 38.3 Å². The van der Waals surface area contributed by atoms with Gasteiger partial charge in [0.25, 0.3) is 0 Å². The minimum absolute atomic E-state index is 0.0976. The van der Waals surface area contributed by atoms with Gasteiger partial charge >= 0.3 is 5.69 Å². The third kappa shape index (κ3) is 2.47. The molecule has 1 aromatic heterocycles. The Morgan fingerprint density at radius 2 is 2.27 bits per heavy atom. The van der Waals surface area contributed by atoms with Crippen molar-refractivity contribution in [3.8, 4) is 0 Å². The lowest BCUT2D eigenvalue weighted by atomic mass is 10.3. The fraction of sp³-hybridized carbons (Fsp3) is 0.600. The van der Waals surface area contributed by atoms with Crippen LogP contribution in [0.15, 0.2) is 17.2 Å². The van der Waals surface area contributed by atoms with Gasteiger partial charge in [-0.2, -0.15) is 0 Å². The summed E-state index contributed by atoms with van der Waals surface area (Å²) in [6.07, 6.45) is 7.54. The van der Waals surface area contributed by atoms with Crippen molar-refractivity contribution >= 4 is 17.2 Å². The van der Waals surface area contributed by atoms with Crippen molar-refractivity contribution in [2.75, 3.05) is 0 Å². The highest BCUT2D eigenvalue weighted by molar-refractivity contribution is 7.80. The van der Waals surface area contributed by atoms with Gasteiger partial charge in [0.05, 0.1) is 4.99 Å². The third-order valence-electron chi connectivity index (χ3n) is 2.64. The Balaban J connectivity index is 1.96. The predicted octanol–water partition coefficient (Wildman–Crippen LogP) is 1.05. The summed E-state index contributed by atoms with van der Waals surface area (Å²) >= 11 is 4.79. The normalized spacial score (nSPS) is 15.5. The molecule has 0 unspecified atom stereocenters. The van der Waals surface area contributed by atoms with Gasteiger partial charge in [0, 0.05) is 25.0 Å². The zero-order valence-electron chi connectivity index (χ0n) is 8.56. The Hall–Kier alpha value is -1.10. The first-order chi connectivity index (χ1) is 7.18. The molecule has 0 amide bonds. The Bertz CT molecular complexity index is 417. The summed E-state index contributed by atoms with van der Waals surface area (Å²) in [4.78, 5) is 12.3. The molecule has 2 rings (SSSR count). The van der Waals surface area contributed by atoms with E-state index in [4.69, 9.17) is 18.0 Å². The Labute approximate surface area is 93.7 Å². The Kier molecular flexibility index (Phi) is 2.90. The van der Waals surface area contributed by atoms with E-state index in [2.05, 4.69) is 0 Å². The summed E-state index contributed by atoms with van der Waals surface area (Å²) in [5.41, 5.74) is 5.49. The molecule has 1 saturated carbocycles. The summed E-state index contributed by atoms with van der Waals surface area (Å²) in [7, 11) is 0. The van der Waals surface area contributed by atoms with Crippen molar-refractivity contribution < 1.29 is 0 Å². The Morgan fingerprint density at radius 3 is 2.87 bits per heavy atom. The molecule has 1 heterocycles. The first-order valence-corrected chi connectivity index (χ1v) is 5.65. The number of nitrogens with two attached hydrogens (primary N) is 1.